The van der Waals surface area contributed by atoms with Crippen LogP contribution in [0.2, 0.25) is 0 Å². The summed E-state index contributed by atoms with van der Waals surface area (Å²) in [6.45, 7) is 0. The van der Waals surface area contributed by atoms with E-state index in [2.05, 4.69) is 0 Å². The summed E-state index contributed by atoms with van der Waals surface area (Å²) in [4.78, 5) is 0. The van der Waals surface area contributed by atoms with Crippen molar-refractivity contribution in [1.82, 2.24) is 0 Å². The van der Waals surface area contributed by atoms with E-state index in [-0.39, 0.29) is 6.42 Å². The number of halogens is 3. The fourth-order valence-electron chi connectivity index (χ4n) is 1.74. The average molecular weight is 181 g/mol. The predicted octanol–water partition coefficient (Wildman–Crippen LogP) is 2.46. The Morgan fingerprint density at radius 3 is 2.17 bits per heavy atom. The Balaban J connectivity index is 2.59. The molecule has 0 aromatic carbocycles. The first-order valence-electron chi connectivity index (χ1n) is 4.34. The molecular weight excluding hydrogens is 167 g/mol. The van der Waals surface area contributed by atoms with Crippen LogP contribution >= 0.6 is 0 Å². The standard InChI is InChI=1S/C8H14F3N/c9-8(10,11)6-4-2-1-3-5-7(6)12/h6-7H,1-5,12H2/t6-,7+/m1/s1. The molecule has 1 saturated carbocycles. The highest BCUT2D eigenvalue weighted by Crippen LogP contribution is 2.35. The maximum atomic E-state index is 12.3. The largest absolute Gasteiger partial charge is 0.393 e. The lowest BCUT2D eigenvalue weighted by Crippen LogP contribution is -2.38. The van der Waals surface area contributed by atoms with Crippen LogP contribution in [-0.2, 0) is 0 Å². The topological polar surface area (TPSA) is 26.0 Å². The molecule has 0 spiro atoms. The van der Waals surface area contributed by atoms with E-state index in [1.807, 2.05) is 0 Å². The second-order valence-corrected chi connectivity index (χ2v) is 3.45. The summed E-state index contributed by atoms with van der Waals surface area (Å²) in [6, 6.07) is -0.674. The van der Waals surface area contributed by atoms with E-state index < -0.39 is 18.1 Å². The van der Waals surface area contributed by atoms with Gasteiger partial charge < -0.3 is 5.73 Å². The summed E-state index contributed by atoms with van der Waals surface area (Å²) in [5.74, 6) is -1.26. The summed E-state index contributed by atoms with van der Waals surface area (Å²) >= 11 is 0. The van der Waals surface area contributed by atoms with Crippen molar-refractivity contribution in [2.75, 3.05) is 0 Å². The third-order valence-corrected chi connectivity index (χ3v) is 2.49. The number of nitrogens with two attached hydrogens (primary N) is 1. The molecular formula is C8H14F3N. The summed E-state index contributed by atoms with van der Waals surface area (Å²) < 4.78 is 36.9. The Bertz CT molecular complexity index is 144. The van der Waals surface area contributed by atoms with Gasteiger partial charge in [-0.2, -0.15) is 13.2 Å². The smallest absolute Gasteiger partial charge is 0.327 e. The molecule has 1 aliphatic carbocycles. The summed E-state index contributed by atoms with van der Waals surface area (Å²) in [7, 11) is 0. The zero-order valence-corrected chi connectivity index (χ0v) is 6.90. The van der Waals surface area contributed by atoms with E-state index in [1.54, 1.807) is 0 Å². The van der Waals surface area contributed by atoms with Crippen LogP contribution in [0.25, 0.3) is 0 Å². The molecule has 1 rings (SSSR count). The first kappa shape index (κ1) is 9.84. The van der Waals surface area contributed by atoms with E-state index in [9.17, 15) is 13.2 Å². The Labute approximate surface area is 70.1 Å². The summed E-state index contributed by atoms with van der Waals surface area (Å²) in [5.41, 5.74) is 5.45. The molecule has 2 N–H and O–H groups in total. The molecule has 0 unspecified atom stereocenters. The maximum Gasteiger partial charge on any atom is 0.393 e. The zero-order chi connectivity index (χ0) is 9.19. The molecule has 1 aliphatic rings. The first-order valence-corrected chi connectivity index (χ1v) is 4.34. The van der Waals surface area contributed by atoms with Gasteiger partial charge in [0, 0.05) is 6.04 Å². The van der Waals surface area contributed by atoms with Gasteiger partial charge in [0.05, 0.1) is 5.92 Å². The van der Waals surface area contributed by atoms with Gasteiger partial charge in [-0.1, -0.05) is 19.3 Å². The zero-order valence-electron chi connectivity index (χ0n) is 6.90. The molecule has 0 bridgehead atoms. The highest BCUT2D eigenvalue weighted by atomic mass is 19.4. The van der Waals surface area contributed by atoms with Gasteiger partial charge in [-0.15, -0.1) is 0 Å². The number of hydrogen-bond donors (Lipinski definition) is 1. The van der Waals surface area contributed by atoms with E-state index in [0.29, 0.717) is 12.8 Å². The lowest BCUT2D eigenvalue weighted by atomic mass is 9.95. The molecule has 1 fully saturated rings. The van der Waals surface area contributed by atoms with Crippen LogP contribution < -0.4 is 5.73 Å². The van der Waals surface area contributed by atoms with E-state index in [1.165, 1.54) is 0 Å². The van der Waals surface area contributed by atoms with Gasteiger partial charge in [-0.3, -0.25) is 0 Å². The Morgan fingerprint density at radius 2 is 1.58 bits per heavy atom. The summed E-state index contributed by atoms with van der Waals surface area (Å²) in [5, 5.41) is 0. The molecule has 2 atom stereocenters. The molecule has 0 aliphatic heterocycles. The van der Waals surface area contributed by atoms with Crippen LogP contribution in [0.4, 0.5) is 13.2 Å². The first-order chi connectivity index (χ1) is 5.52. The molecule has 0 aromatic heterocycles. The van der Waals surface area contributed by atoms with Gasteiger partial charge in [0.2, 0.25) is 0 Å². The van der Waals surface area contributed by atoms with Crippen LogP contribution in [0.15, 0.2) is 0 Å². The second kappa shape index (κ2) is 3.64. The van der Waals surface area contributed by atoms with Crippen molar-refractivity contribution in [2.45, 2.75) is 44.3 Å². The molecule has 0 radical (unpaired) electrons. The van der Waals surface area contributed by atoms with E-state index in [4.69, 9.17) is 5.73 Å². The molecule has 0 heterocycles. The number of hydrogen-bond acceptors (Lipinski definition) is 1. The quantitative estimate of drug-likeness (QED) is 0.571. The molecule has 0 saturated heterocycles. The van der Waals surface area contributed by atoms with Gasteiger partial charge in [-0.25, -0.2) is 0 Å². The third-order valence-electron chi connectivity index (χ3n) is 2.49. The van der Waals surface area contributed by atoms with Crippen LogP contribution in [-0.4, -0.2) is 12.2 Å². The molecule has 0 aromatic rings. The van der Waals surface area contributed by atoms with Crippen LogP contribution in [0.5, 0.6) is 0 Å². The summed E-state index contributed by atoms with van der Waals surface area (Å²) in [6.07, 6.45) is -0.968. The van der Waals surface area contributed by atoms with Crippen molar-refractivity contribution >= 4 is 0 Å². The van der Waals surface area contributed by atoms with Crippen molar-refractivity contribution in [3.63, 3.8) is 0 Å². The highest BCUT2D eigenvalue weighted by molar-refractivity contribution is 4.81. The maximum absolute atomic E-state index is 12.3. The lowest BCUT2D eigenvalue weighted by molar-refractivity contribution is -0.181. The molecule has 72 valence electrons. The van der Waals surface area contributed by atoms with E-state index >= 15 is 0 Å². The normalized spacial score (nSPS) is 33.0. The molecule has 0 amide bonds. The fourth-order valence-corrected chi connectivity index (χ4v) is 1.74. The van der Waals surface area contributed by atoms with Gasteiger partial charge in [0.25, 0.3) is 0 Å². The molecule has 4 heteroatoms. The van der Waals surface area contributed by atoms with Gasteiger partial charge in [-0.05, 0) is 12.8 Å². The monoisotopic (exact) mass is 181 g/mol. The average Bonchev–Trinajstić information content (AvgIpc) is 2.11. The Kier molecular flexibility index (Phi) is 2.99. The van der Waals surface area contributed by atoms with Crippen molar-refractivity contribution < 1.29 is 13.2 Å². The van der Waals surface area contributed by atoms with E-state index in [0.717, 1.165) is 12.8 Å². The predicted molar refractivity (Wildman–Crippen MR) is 40.6 cm³/mol. The minimum atomic E-state index is -4.09. The van der Waals surface area contributed by atoms with Crippen molar-refractivity contribution in [1.29, 1.82) is 0 Å². The van der Waals surface area contributed by atoms with Crippen LogP contribution in [0.3, 0.4) is 0 Å². The highest BCUT2D eigenvalue weighted by Gasteiger charge is 2.43. The van der Waals surface area contributed by atoms with Crippen LogP contribution in [0.1, 0.15) is 32.1 Å². The van der Waals surface area contributed by atoms with Crippen molar-refractivity contribution in [3.05, 3.63) is 0 Å². The van der Waals surface area contributed by atoms with Gasteiger partial charge >= 0.3 is 6.18 Å². The Morgan fingerprint density at radius 1 is 1.00 bits per heavy atom. The van der Waals surface area contributed by atoms with Gasteiger partial charge in [0.15, 0.2) is 0 Å². The number of alkyl halides is 3. The minimum Gasteiger partial charge on any atom is -0.327 e. The Hall–Kier alpha value is -0.250. The SMILES string of the molecule is N[C@H]1CCCCC[C@H]1C(F)(F)F. The number of rotatable bonds is 0. The second-order valence-electron chi connectivity index (χ2n) is 3.45. The lowest BCUT2D eigenvalue weighted by Gasteiger charge is -2.23. The van der Waals surface area contributed by atoms with Crippen molar-refractivity contribution in [3.8, 4) is 0 Å². The van der Waals surface area contributed by atoms with Crippen molar-refractivity contribution in [2.24, 2.45) is 11.7 Å². The van der Waals surface area contributed by atoms with Gasteiger partial charge in [0.1, 0.15) is 0 Å². The molecule has 1 nitrogen and oxygen atoms in total. The minimum absolute atomic E-state index is 0.213. The van der Waals surface area contributed by atoms with Crippen LogP contribution in [0, 0.1) is 5.92 Å². The fraction of sp³-hybridized carbons (Fsp3) is 1.00. The third kappa shape index (κ3) is 2.37. The molecule has 12 heavy (non-hydrogen) atoms.